The molecular formula is C20H24N2O2. The molecule has 1 N–H and O–H groups in total. The third kappa shape index (κ3) is 3.66. The molecule has 1 amide bonds. The summed E-state index contributed by atoms with van der Waals surface area (Å²) in [5, 5.41) is 3.10. The summed E-state index contributed by atoms with van der Waals surface area (Å²) in [7, 11) is 1.73. The fourth-order valence-electron chi connectivity index (χ4n) is 3.21. The van der Waals surface area contributed by atoms with Crippen molar-refractivity contribution in [2.45, 2.75) is 26.4 Å². The van der Waals surface area contributed by atoms with Crippen LogP contribution in [0.3, 0.4) is 0 Å². The molecule has 1 heterocycles. The molecule has 126 valence electrons. The van der Waals surface area contributed by atoms with Gasteiger partial charge in [0.2, 0.25) is 0 Å². The Bertz CT molecular complexity index is 727. The number of nitrogens with zero attached hydrogens (tertiary/aromatic N) is 1. The zero-order chi connectivity index (χ0) is 16.9. The predicted molar refractivity (Wildman–Crippen MR) is 96.2 cm³/mol. The van der Waals surface area contributed by atoms with Crippen LogP contribution in [-0.4, -0.2) is 31.1 Å². The molecule has 2 aromatic rings. The maximum atomic E-state index is 12.6. The largest absolute Gasteiger partial charge is 0.385 e. The van der Waals surface area contributed by atoms with E-state index in [0.717, 1.165) is 49.5 Å². The lowest BCUT2D eigenvalue weighted by molar-refractivity contribution is 0.102. The molecular weight excluding hydrogens is 300 g/mol. The minimum absolute atomic E-state index is 0.0423. The van der Waals surface area contributed by atoms with Crippen molar-refractivity contribution in [3.63, 3.8) is 0 Å². The first-order chi connectivity index (χ1) is 11.7. The second-order valence-corrected chi connectivity index (χ2v) is 6.27. The van der Waals surface area contributed by atoms with E-state index in [4.69, 9.17) is 4.74 Å². The summed E-state index contributed by atoms with van der Waals surface area (Å²) in [6, 6.07) is 13.8. The van der Waals surface area contributed by atoms with Gasteiger partial charge in [-0.1, -0.05) is 30.3 Å². The van der Waals surface area contributed by atoms with Crippen LogP contribution in [0.2, 0.25) is 0 Å². The van der Waals surface area contributed by atoms with Crippen LogP contribution in [0.1, 0.15) is 33.5 Å². The van der Waals surface area contributed by atoms with Gasteiger partial charge in [-0.2, -0.15) is 0 Å². The van der Waals surface area contributed by atoms with E-state index in [1.807, 2.05) is 43.3 Å². The number of amides is 1. The van der Waals surface area contributed by atoms with E-state index in [9.17, 15) is 4.79 Å². The van der Waals surface area contributed by atoms with Gasteiger partial charge in [-0.05, 0) is 42.2 Å². The standard InChI is InChI=1S/C20H24N2O2/c1-15-7-3-4-9-17(15)20(23)21-19-10-5-8-16-13-22(14-18(16)19)11-6-12-24-2/h3-5,7-10H,6,11-14H2,1-2H3,(H,21,23). The molecule has 2 aromatic carbocycles. The fourth-order valence-corrected chi connectivity index (χ4v) is 3.21. The number of aryl methyl sites for hydroxylation is 1. The van der Waals surface area contributed by atoms with E-state index in [0.29, 0.717) is 0 Å². The molecule has 4 nitrogen and oxygen atoms in total. The zero-order valence-corrected chi connectivity index (χ0v) is 14.3. The van der Waals surface area contributed by atoms with E-state index in [-0.39, 0.29) is 5.91 Å². The lowest BCUT2D eigenvalue weighted by Gasteiger charge is -2.14. The number of nitrogens with one attached hydrogen (secondary N) is 1. The molecule has 0 saturated carbocycles. The molecule has 1 aliphatic rings. The van der Waals surface area contributed by atoms with E-state index in [1.165, 1.54) is 11.1 Å². The Morgan fingerprint density at radius 1 is 1.17 bits per heavy atom. The van der Waals surface area contributed by atoms with Gasteiger partial charge < -0.3 is 10.1 Å². The normalized spacial score (nSPS) is 13.8. The highest BCUT2D eigenvalue weighted by molar-refractivity contribution is 6.05. The highest BCUT2D eigenvalue weighted by atomic mass is 16.5. The van der Waals surface area contributed by atoms with Gasteiger partial charge >= 0.3 is 0 Å². The first-order valence-electron chi connectivity index (χ1n) is 8.38. The van der Waals surface area contributed by atoms with Gasteiger partial charge in [0.1, 0.15) is 0 Å². The topological polar surface area (TPSA) is 41.6 Å². The minimum atomic E-state index is -0.0423. The number of carbonyl (C=O) groups excluding carboxylic acids is 1. The van der Waals surface area contributed by atoms with Crippen LogP contribution >= 0.6 is 0 Å². The fraction of sp³-hybridized carbons (Fsp3) is 0.350. The maximum absolute atomic E-state index is 12.6. The van der Waals surface area contributed by atoms with Crippen LogP contribution in [0.25, 0.3) is 0 Å². The van der Waals surface area contributed by atoms with Crippen molar-refractivity contribution in [3.8, 4) is 0 Å². The smallest absolute Gasteiger partial charge is 0.255 e. The highest BCUT2D eigenvalue weighted by Gasteiger charge is 2.22. The number of hydrogen-bond acceptors (Lipinski definition) is 3. The maximum Gasteiger partial charge on any atom is 0.255 e. The molecule has 0 bridgehead atoms. The molecule has 1 aliphatic heterocycles. The van der Waals surface area contributed by atoms with E-state index in [1.54, 1.807) is 7.11 Å². The predicted octanol–water partition coefficient (Wildman–Crippen LogP) is 3.60. The summed E-state index contributed by atoms with van der Waals surface area (Å²) in [6.07, 6.45) is 1.02. The van der Waals surface area contributed by atoms with Crippen LogP contribution in [0.15, 0.2) is 42.5 Å². The molecule has 0 saturated heterocycles. The monoisotopic (exact) mass is 324 g/mol. The van der Waals surface area contributed by atoms with E-state index < -0.39 is 0 Å². The molecule has 4 heteroatoms. The zero-order valence-electron chi connectivity index (χ0n) is 14.3. The average molecular weight is 324 g/mol. The third-order valence-corrected chi connectivity index (χ3v) is 4.51. The van der Waals surface area contributed by atoms with Gasteiger partial charge in [0, 0.05) is 44.6 Å². The first-order valence-corrected chi connectivity index (χ1v) is 8.38. The van der Waals surface area contributed by atoms with Crippen LogP contribution in [0, 0.1) is 6.92 Å². The Labute approximate surface area is 143 Å². The van der Waals surface area contributed by atoms with E-state index in [2.05, 4.69) is 16.3 Å². The van der Waals surface area contributed by atoms with E-state index >= 15 is 0 Å². The van der Waals surface area contributed by atoms with Gasteiger partial charge in [0.05, 0.1) is 0 Å². The first kappa shape index (κ1) is 16.7. The Balaban J connectivity index is 1.72. The summed E-state index contributed by atoms with van der Waals surface area (Å²) >= 11 is 0. The van der Waals surface area contributed by atoms with Gasteiger partial charge in [-0.15, -0.1) is 0 Å². The Morgan fingerprint density at radius 2 is 2.00 bits per heavy atom. The number of fused-ring (bicyclic) bond motifs is 1. The van der Waals surface area contributed by atoms with Crippen LogP contribution in [-0.2, 0) is 17.8 Å². The lowest BCUT2D eigenvalue weighted by Crippen LogP contribution is -2.19. The van der Waals surface area contributed by atoms with Crippen molar-refractivity contribution in [2.24, 2.45) is 0 Å². The van der Waals surface area contributed by atoms with Crippen molar-refractivity contribution in [3.05, 3.63) is 64.7 Å². The number of anilines is 1. The Kier molecular flexibility index (Phi) is 5.28. The average Bonchev–Trinajstić information content (AvgIpc) is 2.99. The van der Waals surface area contributed by atoms with Crippen LogP contribution in [0.5, 0.6) is 0 Å². The molecule has 3 rings (SSSR count). The molecule has 0 unspecified atom stereocenters. The van der Waals surface area contributed by atoms with Gasteiger partial charge in [-0.3, -0.25) is 9.69 Å². The lowest BCUT2D eigenvalue weighted by atomic mass is 10.1. The number of benzene rings is 2. The summed E-state index contributed by atoms with van der Waals surface area (Å²) in [5.74, 6) is -0.0423. The van der Waals surface area contributed by atoms with Crippen LogP contribution < -0.4 is 5.32 Å². The SMILES string of the molecule is COCCCN1Cc2cccc(NC(=O)c3ccccc3C)c2C1. The Morgan fingerprint density at radius 3 is 2.79 bits per heavy atom. The van der Waals surface area contributed by atoms with Crippen molar-refractivity contribution in [2.75, 3.05) is 25.6 Å². The summed E-state index contributed by atoms with van der Waals surface area (Å²) < 4.78 is 5.13. The quantitative estimate of drug-likeness (QED) is 0.826. The number of hydrogen-bond donors (Lipinski definition) is 1. The number of rotatable bonds is 6. The van der Waals surface area contributed by atoms with Gasteiger partial charge in [0.15, 0.2) is 0 Å². The number of carbonyl (C=O) groups is 1. The van der Waals surface area contributed by atoms with Crippen LogP contribution in [0.4, 0.5) is 5.69 Å². The third-order valence-electron chi connectivity index (χ3n) is 4.51. The van der Waals surface area contributed by atoms with Gasteiger partial charge in [-0.25, -0.2) is 0 Å². The van der Waals surface area contributed by atoms with Gasteiger partial charge in [0.25, 0.3) is 5.91 Å². The Hall–Kier alpha value is -2.17. The second-order valence-electron chi connectivity index (χ2n) is 6.27. The number of methoxy groups -OCH3 is 1. The molecule has 24 heavy (non-hydrogen) atoms. The minimum Gasteiger partial charge on any atom is -0.385 e. The van der Waals surface area contributed by atoms with Crippen molar-refractivity contribution >= 4 is 11.6 Å². The highest BCUT2D eigenvalue weighted by Crippen LogP contribution is 2.29. The molecule has 0 atom stereocenters. The summed E-state index contributed by atoms with van der Waals surface area (Å²) in [5.41, 5.74) is 5.18. The molecule has 0 aliphatic carbocycles. The van der Waals surface area contributed by atoms with Crippen molar-refractivity contribution in [1.82, 2.24) is 4.90 Å². The second kappa shape index (κ2) is 7.60. The number of ether oxygens (including phenoxy) is 1. The molecule has 0 aromatic heterocycles. The van der Waals surface area contributed by atoms with Crippen molar-refractivity contribution in [1.29, 1.82) is 0 Å². The molecule has 0 spiro atoms. The van der Waals surface area contributed by atoms with Crippen molar-refractivity contribution < 1.29 is 9.53 Å². The molecule has 0 fully saturated rings. The summed E-state index contributed by atoms with van der Waals surface area (Å²) in [4.78, 5) is 15.0. The molecule has 0 radical (unpaired) electrons. The summed E-state index contributed by atoms with van der Waals surface area (Å²) in [6.45, 7) is 5.57.